The maximum absolute atomic E-state index is 11.5. The van der Waals surface area contributed by atoms with Crippen LogP contribution in [-0.2, 0) is 19.1 Å². The van der Waals surface area contributed by atoms with E-state index in [2.05, 4.69) is 4.74 Å². The van der Waals surface area contributed by atoms with Gasteiger partial charge in [0.25, 0.3) is 0 Å². The summed E-state index contributed by atoms with van der Waals surface area (Å²) >= 11 is 0. The second kappa shape index (κ2) is 2.25. The summed E-state index contributed by atoms with van der Waals surface area (Å²) in [6.45, 7) is 3.43. The van der Waals surface area contributed by atoms with Gasteiger partial charge in [-0.2, -0.15) is 0 Å². The van der Waals surface area contributed by atoms with Crippen LogP contribution in [0.2, 0.25) is 0 Å². The summed E-state index contributed by atoms with van der Waals surface area (Å²) in [7, 11) is 0. The van der Waals surface area contributed by atoms with Gasteiger partial charge in [-0.3, -0.25) is 9.59 Å². The average molecular weight is 212 g/mol. The van der Waals surface area contributed by atoms with Crippen LogP contribution >= 0.6 is 0 Å². The molecule has 5 atom stereocenters. The van der Waals surface area contributed by atoms with Gasteiger partial charge in [-0.15, -0.1) is 0 Å². The average Bonchev–Trinajstić information content (AvgIpc) is 2.58. The van der Waals surface area contributed by atoms with Gasteiger partial charge < -0.3 is 14.6 Å². The molecule has 0 amide bonds. The molecule has 3 aliphatic rings. The number of cyclic esters (lactones) is 2. The van der Waals surface area contributed by atoms with Crippen molar-refractivity contribution in [1.82, 2.24) is 0 Å². The number of rotatable bonds is 0. The lowest BCUT2D eigenvalue weighted by atomic mass is 9.67. The molecule has 0 saturated carbocycles. The predicted molar refractivity (Wildman–Crippen MR) is 46.6 cm³/mol. The Morgan fingerprint density at radius 3 is 2.53 bits per heavy atom. The second-order valence-electron chi connectivity index (χ2n) is 5.01. The van der Waals surface area contributed by atoms with Gasteiger partial charge in [0.15, 0.2) is 0 Å². The molecule has 3 aliphatic heterocycles. The van der Waals surface area contributed by atoms with Crippen LogP contribution in [0.4, 0.5) is 0 Å². The van der Waals surface area contributed by atoms with Crippen LogP contribution in [-0.4, -0.2) is 34.4 Å². The molecule has 0 aromatic heterocycles. The molecule has 3 fully saturated rings. The van der Waals surface area contributed by atoms with Crippen LogP contribution in [0.25, 0.3) is 0 Å². The number of fused-ring (bicyclic) bond motifs is 5. The first-order valence-corrected chi connectivity index (χ1v) is 5.02. The van der Waals surface area contributed by atoms with Crippen molar-refractivity contribution in [2.45, 2.75) is 37.6 Å². The van der Waals surface area contributed by atoms with Crippen molar-refractivity contribution >= 4 is 11.9 Å². The molecule has 1 N–H and O–H groups in total. The third-order valence-corrected chi connectivity index (χ3v) is 4.03. The molecule has 0 aromatic carbocycles. The van der Waals surface area contributed by atoms with Crippen molar-refractivity contribution in [1.29, 1.82) is 0 Å². The number of hydrogen-bond donors (Lipinski definition) is 1. The van der Waals surface area contributed by atoms with E-state index in [1.807, 2.05) is 0 Å². The van der Waals surface area contributed by atoms with Gasteiger partial charge in [0, 0.05) is 6.42 Å². The van der Waals surface area contributed by atoms with Gasteiger partial charge in [0.1, 0.15) is 17.4 Å². The first kappa shape index (κ1) is 9.30. The van der Waals surface area contributed by atoms with E-state index in [1.165, 1.54) is 0 Å². The Hall–Kier alpha value is -0.940. The van der Waals surface area contributed by atoms with Gasteiger partial charge in [-0.1, -0.05) is 0 Å². The number of esters is 2. The summed E-state index contributed by atoms with van der Waals surface area (Å²) in [4.78, 5) is 23.0. The number of aliphatic hydroxyl groups is 1. The zero-order chi connectivity index (χ0) is 11.0. The highest BCUT2D eigenvalue weighted by molar-refractivity contribution is 5.99. The topological polar surface area (TPSA) is 72.8 Å². The zero-order valence-electron chi connectivity index (χ0n) is 8.52. The first-order valence-electron chi connectivity index (χ1n) is 5.02. The van der Waals surface area contributed by atoms with Crippen LogP contribution in [0.5, 0.6) is 0 Å². The molecule has 3 rings (SSSR count). The minimum Gasteiger partial charge on any atom is -0.393 e. The molecule has 2 bridgehead atoms. The minimum atomic E-state index is -0.956. The highest BCUT2D eigenvalue weighted by Gasteiger charge is 2.75. The molecule has 3 saturated heterocycles. The number of carbonyl (C=O) groups is 2. The summed E-state index contributed by atoms with van der Waals surface area (Å²) in [5.41, 5.74) is -1.70. The lowest BCUT2D eigenvalue weighted by molar-refractivity contribution is -0.162. The molecular formula is C10H12O5. The molecule has 3 heterocycles. The third-order valence-electron chi connectivity index (χ3n) is 4.03. The molecule has 0 spiro atoms. The van der Waals surface area contributed by atoms with Crippen molar-refractivity contribution in [3.63, 3.8) is 0 Å². The van der Waals surface area contributed by atoms with E-state index >= 15 is 0 Å². The quantitative estimate of drug-likeness (QED) is 0.437. The maximum atomic E-state index is 11.5. The normalized spacial score (nSPS) is 57.1. The summed E-state index contributed by atoms with van der Waals surface area (Å²) in [5.74, 6) is -2.25. The Kier molecular flexibility index (Phi) is 1.39. The molecule has 0 radical (unpaired) electrons. The Balaban J connectivity index is 2.14. The lowest BCUT2D eigenvalue weighted by Crippen LogP contribution is -2.48. The molecule has 5 heteroatoms. The first-order chi connectivity index (χ1) is 6.88. The molecule has 15 heavy (non-hydrogen) atoms. The van der Waals surface area contributed by atoms with E-state index in [0.29, 0.717) is 6.42 Å². The summed E-state index contributed by atoms with van der Waals surface area (Å²) < 4.78 is 10.3. The van der Waals surface area contributed by atoms with Crippen molar-refractivity contribution in [3.05, 3.63) is 0 Å². The van der Waals surface area contributed by atoms with E-state index in [9.17, 15) is 14.7 Å². The highest BCUT2D eigenvalue weighted by atomic mass is 16.6. The summed E-state index contributed by atoms with van der Waals surface area (Å²) in [6, 6.07) is 0. The SMILES string of the molecule is CC12C[C@@H](O)C(C)(O1)[C@@H]1C(=O)OC(=O)[C@@H]12. The molecule has 0 aromatic rings. The van der Waals surface area contributed by atoms with E-state index in [0.717, 1.165) is 0 Å². The highest BCUT2D eigenvalue weighted by Crippen LogP contribution is 2.59. The fourth-order valence-electron chi connectivity index (χ4n) is 3.32. The van der Waals surface area contributed by atoms with E-state index in [4.69, 9.17) is 4.74 Å². The molecular weight excluding hydrogens is 200 g/mol. The van der Waals surface area contributed by atoms with E-state index in [-0.39, 0.29) is 0 Å². The van der Waals surface area contributed by atoms with E-state index < -0.39 is 41.1 Å². The van der Waals surface area contributed by atoms with Crippen LogP contribution in [0, 0.1) is 11.8 Å². The second-order valence-corrected chi connectivity index (χ2v) is 5.01. The standard InChI is InChI=1S/C10H12O5/c1-9-3-4(11)10(2,15-9)6-5(9)7(12)14-8(6)13/h4-6,11H,3H2,1-2H3/t4-,5-,6+,9?,10?/m1/s1. The number of hydrogen-bond acceptors (Lipinski definition) is 5. The number of aliphatic hydroxyl groups excluding tert-OH is 1. The van der Waals surface area contributed by atoms with Crippen molar-refractivity contribution in [2.75, 3.05) is 0 Å². The fraction of sp³-hybridized carbons (Fsp3) is 0.800. The summed E-state index contributed by atoms with van der Waals surface area (Å²) in [5, 5.41) is 9.85. The fourth-order valence-corrected chi connectivity index (χ4v) is 3.32. The molecule has 5 nitrogen and oxygen atoms in total. The monoisotopic (exact) mass is 212 g/mol. The Morgan fingerprint density at radius 2 is 1.87 bits per heavy atom. The lowest BCUT2D eigenvalue weighted by Gasteiger charge is -2.30. The van der Waals surface area contributed by atoms with E-state index in [1.54, 1.807) is 13.8 Å². The predicted octanol–water partition coefficient (Wildman–Crippen LogP) is -0.386. The van der Waals surface area contributed by atoms with Crippen molar-refractivity contribution in [3.8, 4) is 0 Å². The smallest absolute Gasteiger partial charge is 0.320 e. The molecule has 0 aliphatic carbocycles. The van der Waals surface area contributed by atoms with Crippen LogP contribution in [0.1, 0.15) is 20.3 Å². The number of carbonyl (C=O) groups excluding carboxylic acids is 2. The van der Waals surface area contributed by atoms with Crippen LogP contribution < -0.4 is 0 Å². The Labute approximate surface area is 86.4 Å². The van der Waals surface area contributed by atoms with Gasteiger partial charge in [-0.05, 0) is 13.8 Å². The van der Waals surface area contributed by atoms with Crippen LogP contribution in [0.15, 0.2) is 0 Å². The van der Waals surface area contributed by atoms with Gasteiger partial charge in [0.2, 0.25) is 0 Å². The maximum Gasteiger partial charge on any atom is 0.320 e. The van der Waals surface area contributed by atoms with Crippen LogP contribution in [0.3, 0.4) is 0 Å². The Bertz CT molecular complexity index is 378. The molecule has 2 unspecified atom stereocenters. The largest absolute Gasteiger partial charge is 0.393 e. The van der Waals surface area contributed by atoms with Gasteiger partial charge in [-0.25, -0.2) is 0 Å². The minimum absolute atomic E-state index is 0.382. The molecule has 82 valence electrons. The van der Waals surface area contributed by atoms with Gasteiger partial charge in [0.05, 0.1) is 11.7 Å². The zero-order valence-corrected chi connectivity index (χ0v) is 8.52. The number of ether oxygens (including phenoxy) is 2. The summed E-state index contributed by atoms with van der Waals surface area (Å²) in [6.07, 6.45) is -0.324. The Morgan fingerprint density at radius 1 is 1.27 bits per heavy atom. The van der Waals surface area contributed by atoms with Crippen molar-refractivity contribution in [2.24, 2.45) is 11.8 Å². The van der Waals surface area contributed by atoms with Crippen molar-refractivity contribution < 1.29 is 24.2 Å². The van der Waals surface area contributed by atoms with Gasteiger partial charge >= 0.3 is 11.9 Å². The third kappa shape index (κ3) is 0.823.